The molecule has 130 valence electrons. The molecule has 0 aliphatic rings. The number of nitrogens with zero attached hydrogens (tertiary/aromatic N) is 1. The van der Waals surface area contributed by atoms with Gasteiger partial charge >= 0.3 is 6.03 Å². The van der Waals surface area contributed by atoms with E-state index >= 15 is 0 Å². The Bertz CT molecular complexity index is 613. The highest BCUT2D eigenvalue weighted by Crippen LogP contribution is 2.11. The van der Waals surface area contributed by atoms with Gasteiger partial charge in [0, 0.05) is 19.3 Å². The van der Waals surface area contributed by atoms with E-state index in [2.05, 4.69) is 5.32 Å². The highest BCUT2D eigenvalue weighted by molar-refractivity contribution is 7.90. The SMILES string of the molecule is Cc1ccc(OCC(C)NC(=O)N(C)C(C)CS(C)(=O)=O)cc1. The zero-order valence-electron chi connectivity index (χ0n) is 14.4. The van der Waals surface area contributed by atoms with Crippen LogP contribution in [0.2, 0.25) is 0 Å². The second kappa shape index (κ2) is 8.19. The summed E-state index contributed by atoms with van der Waals surface area (Å²) >= 11 is 0. The number of amides is 2. The number of urea groups is 1. The Morgan fingerprint density at radius 3 is 2.35 bits per heavy atom. The number of rotatable bonds is 7. The fourth-order valence-corrected chi connectivity index (χ4v) is 3.06. The van der Waals surface area contributed by atoms with Gasteiger partial charge in [0.05, 0.1) is 11.8 Å². The van der Waals surface area contributed by atoms with E-state index in [4.69, 9.17) is 4.74 Å². The van der Waals surface area contributed by atoms with Crippen molar-refractivity contribution in [2.24, 2.45) is 0 Å². The van der Waals surface area contributed by atoms with Crippen molar-refractivity contribution in [1.82, 2.24) is 10.2 Å². The molecule has 1 N–H and O–H groups in total. The van der Waals surface area contributed by atoms with Crippen LogP contribution in [-0.4, -0.2) is 57.1 Å². The normalized spacial score (nSPS) is 14.0. The lowest BCUT2D eigenvalue weighted by Gasteiger charge is -2.26. The van der Waals surface area contributed by atoms with E-state index in [1.165, 1.54) is 4.90 Å². The molecular formula is C16H26N2O4S. The molecule has 1 aromatic rings. The van der Waals surface area contributed by atoms with E-state index in [0.717, 1.165) is 17.6 Å². The molecule has 6 nitrogen and oxygen atoms in total. The van der Waals surface area contributed by atoms with Crippen LogP contribution in [-0.2, 0) is 9.84 Å². The van der Waals surface area contributed by atoms with E-state index in [1.54, 1.807) is 14.0 Å². The maximum Gasteiger partial charge on any atom is 0.317 e. The molecule has 7 heteroatoms. The van der Waals surface area contributed by atoms with E-state index in [9.17, 15) is 13.2 Å². The lowest BCUT2D eigenvalue weighted by Crippen LogP contribution is -2.48. The second-order valence-electron chi connectivity index (χ2n) is 6.03. The van der Waals surface area contributed by atoms with Crippen molar-refractivity contribution in [2.45, 2.75) is 32.9 Å². The molecule has 0 saturated carbocycles. The number of hydrogen-bond acceptors (Lipinski definition) is 4. The Morgan fingerprint density at radius 2 is 1.83 bits per heavy atom. The number of ether oxygens (including phenoxy) is 1. The first-order valence-corrected chi connectivity index (χ1v) is 9.55. The van der Waals surface area contributed by atoms with Crippen LogP contribution in [0.5, 0.6) is 5.75 Å². The molecule has 1 aromatic carbocycles. The molecule has 1 rings (SSSR count). The molecule has 0 aromatic heterocycles. The third-order valence-electron chi connectivity index (χ3n) is 3.42. The summed E-state index contributed by atoms with van der Waals surface area (Å²) in [5.41, 5.74) is 1.15. The summed E-state index contributed by atoms with van der Waals surface area (Å²) in [5.74, 6) is 0.682. The zero-order chi connectivity index (χ0) is 17.6. The molecule has 2 amide bonds. The van der Waals surface area contributed by atoms with Gasteiger partial charge in [-0.05, 0) is 32.9 Å². The average molecular weight is 342 g/mol. The van der Waals surface area contributed by atoms with Crippen LogP contribution >= 0.6 is 0 Å². The highest BCUT2D eigenvalue weighted by atomic mass is 32.2. The fourth-order valence-electron chi connectivity index (χ4n) is 1.96. The molecule has 0 fully saturated rings. The number of aryl methyl sites for hydroxylation is 1. The van der Waals surface area contributed by atoms with Crippen molar-refractivity contribution in [2.75, 3.05) is 25.7 Å². The minimum absolute atomic E-state index is 0.0643. The molecule has 0 radical (unpaired) electrons. The molecule has 2 atom stereocenters. The Balaban J connectivity index is 2.44. The van der Waals surface area contributed by atoms with Crippen LogP contribution in [0, 0.1) is 6.92 Å². The first-order chi connectivity index (χ1) is 10.6. The summed E-state index contributed by atoms with van der Waals surface area (Å²) in [4.78, 5) is 13.5. The molecule has 0 aliphatic heterocycles. The standard InChI is InChI=1S/C16H26N2O4S/c1-12-6-8-15(9-7-12)22-10-13(2)17-16(19)18(4)14(3)11-23(5,20)21/h6-9,13-14H,10-11H2,1-5H3,(H,17,19). The number of sulfone groups is 1. The van der Waals surface area contributed by atoms with Gasteiger partial charge in [-0.3, -0.25) is 0 Å². The Hall–Kier alpha value is -1.76. The van der Waals surface area contributed by atoms with Crippen molar-refractivity contribution in [3.63, 3.8) is 0 Å². The predicted molar refractivity (Wildman–Crippen MR) is 91.6 cm³/mol. The van der Waals surface area contributed by atoms with Crippen LogP contribution in [0.4, 0.5) is 4.79 Å². The van der Waals surface area contributed by atoms with Crippen LogP contribution in [0.3, 0.4) is 0 Å². The zero-order valence-corrected chi connectivity index (χ0v) is 15.2. The van der Waals surface area contributed by atoms with Crippen molar-refractivity contribution in [3.8, 4) is 5.75 Å². The molecular weight excluding hydrogens is 316 g/mol. The van der Waals surface area contributed by atoms with Crippen LogP contribution in [0.15, 0.2) is 24.3 Å². The van der Waals surface area contributed by atoms with Crippen LogP contribution < -0.4 is 10.1 Å². The van der Waals surface area contributed by atoms with Gasteiger partial charge in [0.1, 0.15) is 22.2 Å². The minimum Gasteiger partial charge on any atom is -0.491 e. The summed E-state index contributed by atoms with van der Waals surface area (Å²) in [7, 11) is -1.54. The maximum atomic E-state index is 12.1. The fraction of sp³-hybridized carbons (Fsp3) is 0.562. The van der Waals surface area contributed by atoms with Gasteiger partial charge in [0.2, 0.25) is 0 Å². The lowest BCUT2D eigenvalue weighted by molar-refractivity contribution is 0.187. The first kappa shape index (κ1) is 19.3. The van der Waals surface area contributed by atoms with Gasteiger partial charge in [-0.1, -0.05) is 17.7 Å². The first-order valence-electron chi connectivity index (χ1n) is 7.49. The smallest absolute Gasteiger partial charge is 0.317 e. The number of carbonyl (C=O) groups excluding carboxylic acids is 1. The average Bonchev–Trinajstić information content (AvgIpc) is 2.44. The molecule has 2 unspecified atom stereocenters. The van der Waals surface area contributed by atoms with Crippen molar-refractivity contribution >= 4 is 15.9 Å². The number of benzene rings is 1. The van der Waals surface area contributed by atoms with E-state index in [1.807, 2.05) is 38.1 Å². The largest absolute Gasteiger partial charge is 0.491 e. The Kier molecular flexibility index (Phi) is 6.87. The number of carbonyl (C=O) groups is 1. The van der Waals surface area contributed by atoms with Crippen LogP contribution in [0.1, 0.15) is 19.4 Å². The summed E-state index contributed by atoms with van der Waals surface area (Å²) in [6.07, 6.45) is 1.16. The number of hydrogen-bond donors (Lipinski definition) is 1. The molecule has 0 spiro atoms. The van der Waals surface area contributed by atoms with Crippen LogP contribution in [0.25, 0.3) is 0 Å². The molecule has 0 aliphatic carbocycles. The van der Waals surface area contributed by atoms with Crippen molar-refractivity contribution in [3.05, 3.63) is 29.8 Å². The van der Waals surface area contributed by atoms with Gasteiger partial charge in [-0.2, -0.15) is 0 Å². The monoisotopic (exact) mass is 342 g/mol. The maximum absolute atomic E-state index is 12.1. The van der Waals surface area contributed by atoms with Crippen molar-refractivity contribution in [1.29, 1.82) is 0 Å². The van der Waals surface area contributed by atoms with E-state index in [0.29, 0.717) is 6.61 Å². The van der Waals surface area contributed by atoms with Gasteiger partial charge < -0.3 is 15.0 Å². The van der Waals surface area contributed by atoms with E-state index in [-0.39, 0.29) is 17.8 Å². The molecule has 0 saturated heterocycles. The third-order valence-corrected chi connectivity index (χ3v) is 4.50. The minimum atomic E-state index is -3.13. The summed E-state index contributed by atoms with van der Waals surface area (Å²) in [6.45, 7) is 5.87. The third kappa shape index (κ3) is 7.36. The lowest BCUT2D eigenvalue weighted by atomic mass is 10.2. The Labute approximate surface area is 138 Å². The topological polar surface area (TPSA) is 75.7 Å². The summed E-state index contributed by atoms with van der Waals surface area (Å²) in [5, 5.41) is 2.80. The summed E-state index contributed by atoms with van der Waals surface area (Å²) in [6, 6.07) is 6.76. The molecule has 0 heterocycles. The van der Waals surface area contributed by atoms with Gasteiger partial charge in [-0.15, -0.1) is 0 Å². The number of nitrogens with one attached hydrogen (secondary N) is 1. The molecule has 23 heavy (non-hydrogen) atoms. The molecule has 0 bridgehead atoms. The second-order valence-corrected chi connectivity index (χ2v) is 8.21. The summed E-state index contributed by atoms with van der Waals surface area (Å²) < 4.78 is 28.2. The quantitative estimate of drug-likeness (QED) is 0.820. The van der Waals surface area contributed by atoms with Crippen molar-refractivity contribution < 1.29 is 17.9 Å². The van der Waals surface area contributed by atoms with Gasteiger partial charge in [0.15, 0.2) is 0 Å². The Morgan fingerprint density at radius 1 is 1.26 bits per heavy atom. The predicted octanol–water partition coefficient (Wildman–Crippen LogP) is 1.84. The highest BCUT2D eigenvalue weighted by Gasteiger charge is 2.20. The van der Waals surface area contributed by atoms with E-state index < -0.39 is 15.9 Å². The van der Waals surface area contributed by atoms with Gasteiger partial charge in [-0.25, -0.2) is 13.2 Å². The van der Waals surface area contributed by atoms with Gasteiger partial charge in [0.25, 0.3) is 0 Å².